The van der Waals surface area contributed by atoms with Crippen LogP contribution in [0.1, 0.15) is 24.0 Å². The van der Waals surface area contributed by atoms with Crippen molar-refractivity contribution in [1.82, 2.24) is 0 Å². The first-order chi connectivity index (χ1) is 17.1. The number of halogens is 12. The van der Waals surface area contributed by atoms with Crippen LogP contribution in [0.4, 0.5) is 52.7 Å². The van der Waals surface area contributed by atoms with Gasteiger partial charge >= 0.3 is 24.7 Å². The molecule has 0 bridgehead atoms. The third kappa shape index (κ3) is 6.46. The Hall–Kier alpha value is -3.14. The predicted octanol–water partition coefficient (Wildman–Crippen LogP) is 6.37. The van der Waals surface area contributed by atoms with Crippen molar-refractivity contribution in [1.29, 1.82) is 0 Å². The summed E-state index contributed by atoms with van der Waals surface area (Å²) in [6.07, 6.45) is -30.0. The first-order valence-corrected chi connectivity index (χ1v) is 10.1. The molecule has 0 fully saturated rings. The summed E-state index contributed by atoms with van der Waals surface area (Å²) in [5.41, 5.74) is -14.4. The Morgan fingerprint density at radius 3 is 0.921 bits per heavy atom. The maximum atomic E-state index is 13.3. The molecule has 0 aliphatic carbocycles. The van der Waals surface area contributed by atoms with E-state index in [-0.39, 0.29) is 0 Å². The molecular weight excluding hydrogens is 552 g/mol. The van der Waals surface area contributed by atoms with E-state index in [1.807, 2.05) is 0 Å². The molecule has 0 heterocycles. The predicted molar refractivity (Wildman–Crippen MR) is 109 cm³/mol. The summed E-state index contributed by atoms with van der Waals surface area (Å²) >= 11 is 0. The number of benzene rings is 2. The maximum absolute atomic E-state index is 13.3. The highest BCUT2D eigenvalue weighted by molar-refractivity contribution is 6.04. The summed E-state index contributed by atoms with van der Waals surface area (Å²) in [5, 5.41) is 25.4. The Kier molecular flexibility index (Phi) is 8.63. The van der Waals surface area contributed by atoms with Crippen LogP contribution in [0.2, 0.25) is 0 Å². The lowest BCUT2D eigenvalue weighted by Crippen LogP contribution is -2.58. The van der Waals surface area contributed by atoms with Crippen molar-refractivity contribution >= 4 is 11.4 Å². The standard InChI is InChI=1S/C22H16F12N2O2/c23-19(24,25)17(37,20(26,27)28)11-15(13-7-3-1-4-8-13)35-36-16(14-9-5-2-6-10-14)12-18(38,21(29,30)31)22(32,33)34/h1-10,37-38H,11-12H2/b35-15-,36-16+. The average Bonchev–Trinajstić information content (AvgIpc) is 2.78. The molecule has 0 saturated carbocycles. The molecule has 2 rings (SSSR count). The van der Waals surface area contributed by atoms with Gasteiger partial charge in [-0.25, -0.2) is 0 Å². The van der Waals surface area contributed by atoms with Gasteiger partial charge in [-0.15, -0.1) is 0 Å². The van der Waals surface area contributed by atoms with Crippen molar-refractivity contribution in [3.63, 3.8) is 0 Å². The topological polar surface area (TPSA) is 65.2 Å². The fraction of sp³-hybridized carbons (Fsp3) is 0.364. The number of hydrogen-bond acceptors (Lipinski definition) is 4. The van der Waals surface area contributed by atoms with Gasteiger partial charge < -0.3 is 10.2 Å². The minimum atomic E-state index is -6.32. The van der Waals surface area contributed by atoms with Crippen LogP contribution in [0.3, 0.4) is 0 Å². The summed E-state index contributed by atoms with van der Waals surface area (Å²) in [6.45, 7) is 0. The zero-order chi connectivity index (χ0) is 29.2. The van der Waals surface area contributed by atoms with E-state index >= 15 is 0 Å². The number of alkyl halides is 12. The summed E-state index contributed by atoms with van der Waals surface area (Å²) in [7, 11) is 0. The second kappa shape index (κ2) is 10.6. The van der Waals surface area contributed by atoms with Gasteiger partial charge in [-0.1, -0.05) is 60.7 Å². The Morgan fingerprint density at radius 2 is 0.711 bits per heavy atom. The van der Waals surface area contributed by atoms with Crippen molar-refractivity contribution in [2.45, 2.75) is 48.7 Å². The SMILES string of the molecule is OC(C/C(=N/N=C(\CC(O)(C(F)(F)F)C(F)(F)F)c1ccccc1)c1ccccc1)(C(F)(F)F)C(F)(F)F. The molecule has 0 unspecified atom stereocenters. The monoisotopic (exact) mass is 568 g/mol. The molecule has 0 saturated heterocycles. The van der Waals surface area contributed by atoms with E-state index in [0.29, 0.717) is 0 Å². The smallest absolute Gasteiger partial charge is 0.373 e. The Morgan fingerprint density at radius 1 is 0.474 bits per heavy atom. The lowest BCUT2D eigenvalue weighted by Gasteiger charge is -2.33. The van der Waals surface area contributed by atoms with Crippen LogP contribution in [0.15, 0.2) is 70.9 Å². The highest BCUT2D eigenvalue weighted by atomic mass is 19.4. The minimum Gasteiger partial charge on any atom is -0.373 e. The summed E-state index contributed by atoms with van der Waals surface area (Å²) in [5.74, 6) is 0. The van der Waals surface area contributed by atoms with Crippen LogP contribution in [-0.4, -0.2) is 57.5 Å². The van der Waals surface area contributed by atoms with E-state index in [0.717, 1.165) is 48.5 Å². The van der Waals surface area contributed by atoms with Gasteiger partial charge in [-0.05, 0) is 11.1 Å². The number of aliphatic hydroxyl groups is 2. The van der Waals surface area contributed by atoms with Gasteiger partial charge in [0.2, 0.25) is 0 Å². The molecule has 2 N–H and O–H groups in total. The van der Waals surface area contributed by atoms with Crippen LogP contribution in [0, 0.1) is 0 Å². The highest BCUT2D eigenvalue weighted by Crippen LogP contribution is 2.47. The van der Waals surface area contributed by atoms with E-state index in [1.54, 1.807) is 0 Å². The van der Waals surface area contributed by atoms with Crippen LogP contribution >= 0.6 is 0 Å². The fourth-order valence-electron chi connectivity index (χ4n) is 2.98. The molecule has 0 atom stereocenters. The number of nitrogens with zero attached hydrogens (tertiary/aromatic N) is 2. The third-order valence-electron chi connectivity index (χ3n) is 5.23. The Balaban J connectivity index is 2.79. The van der Waals surface area contributed by atoms with Crippen molar-refractivity contribution in [3.8, 4) is 0 Å². The summed E-state index contributed by atoms with van der Waals surface area (Å²) in [6, 6.07) is 10.8. The normalized spacial score (nSPS) is 15.1. The zero-order valence-electron chi connectivity index (χ0n) is 18.5. The van der Waals surface area contributed by atoms with Crippen LogP contribution in [0.25, 0.3) is 0 Å². The van der Waals surface area contributed by atoms with Gasteiger partial charge in [0.1, 0.15) is 0 Å². The van der Waals surface area contributed by atoms with Gasteiger partial charge in [-0.3, -0.25) is 0 Å². The van der Waals surface area contributed by atoms with Crippen LogP contribution < -0.4 is 0 Å². The summed E-state index contributed by atoms with van der Waals surface area (Å²) < 4.78 is 159. The number of hydrogen-bond donors (Lipinski definition) is 2. The van der Waals surface area contributed by atoms with E-state index in [2.05, 4.69) is 10.2 Å². The lowest BCUT2D eigenvalue weighted by atomic mass is 9.91. The molecule has 38 heavy (non-hydrogen) atoms. The van der Waals surface area contributed by atoms with E-state index in [9.17, 15) is 62.9 Å². The molecule has 0 spiro atoms. The first kappa shape index (κ1) is 31.1. The van der Waals surface area contributed by atoms with Crippen LogP contribution in [0.5, 0.6) is 0 Å². The van der Waals surface area contributed by atoms with E-state index in [4.69, 9.17) is 0 Å². The lowest BCUT2D eigenvalue weighted by molar-refractivity contribution is -0.365. The summed E-state index contributed by atoms with van der Waals surface area (Å²) in [4.78, 5) is 0. The van der Waals surface area contributed by atoms with Crippen LogP contribution in [-0.2, 0) is 0 Å². The number of rotatable bonds is 7. The molecule has 0 amide bonds. The van der Waals surface area contributed by atoms with Crippen molar-refractivity contribution in [3.05, 3.63) is 71.8 Å². The molecule has 0 aliphatic rings. The molecule has 16 heteroatoms. The average molecular weight is 568 g/mol. The molecule has 0 radical (unpaired) electrons. The molecule has 0 aliphatic heterocycles. The molecular formula is C22H16F12N2O2. The second-order valence-electron chi connectivity index (χ2n) is 7.89. The van der Waals surface area contributed by atoms with Gasteiger partial charge in [0, 0.05) is 12.8 Å². The molecule has 4 nitrogen and oxygen atoms in total. The molecule has 2 aromatic carbocycles. The first-order valence-electron chi connectivity index (χ1n) is 10.1. The third-order valence-corrected chi connectivity index (χ3v) is 5.23. The van der Waals surface area contributed by atoms with Gasteiger partial charge in [0.15, 0.2) is 0 Å². The van der Waals surface area contributed by atoms with Gasteiger partial charge in [0.25, 0.3) is 11.2 Å². The van der Waals surface area contributed by atoms with Crippen molar-refractivity contribution < 1.29 is 62.9 Å². The Labute approximate surface area is 205 Å². The van der Waals surface area contributed by atoms with E-state index in [1.165, 1.54) is 12.1 Å². The van der Waals surface area contributed by atoms with Gasteiger partial charge in [-0.2, -0.15) is 62.9 Å². The zero-order valence-corrected chi connectivity index (χ0v) is 18.5. The molecule has 2 aromatic rings. The Bertz CT molecular complexity index is 1020. The fourth-order valence-corrected chi connectivity index (χ4v) is 2.98. The largest absolute Gasteiger partial charge is 0.426 e. The van der Waals surface area contributed by atoms with E-state index < -0.39 is 71.3 Å². The molecule has 210 valence electrons. The quantitative estimate of drug-likeness (QED) is 0.232. The second-order valence-corrected chi connectivity index (χ2v) is 7.89. The van der Waals surface area contributed by atoms with Gasteiger partial charge in [0.05, 0.1) is 11.4 Å². The maximum Gasteiger partial charge on any atom is 0.426 e. The molecule has 0 aromatic heterocycles. The minimum absolute atomic E-state index is 0.516. The van der Waals surface area contributed by atoms with Crippen molar-refractivity contribution in [2.75, 3.05) is 0 Å². The van der Waals surface area contributed by atoms with Crippen molar-refractivity contribution in [2.24, 2.45) is 10.2 Å². The highest BCUT2D eigenvalue weighted by Gasteiger charge is 2.71.